The van der Waals surface area contributed by atoms with Crippen molar-refractivity contribution in [1.82, 2.24) is 21.3 Å². The number of rotatable bonds is 38. The van der Waals surface area contributed by atoms with Crippen LogP contribution in [-0.4, -0.2) is 107 Å². The van der Waals surface area contributed by atoms with Crippen LogP contribution < -0.4 is 55.7 Å². The van der Waals surface area contributed by atoms with Gasteiger partial charge in [-0.15, -0.1) is 0 Å². The second-order valence-electron chi connectivity index (χ2n) is 19.7. The third-order valence-corrected chi connectivity index (χ3v) is 12.1. The molecule has 8 atom stereocenters. The number of Topliss-reactive ketones (excluding diaryl/α,β-unsaturated/α-hetero) is 3. The maximum Gasteiger partial charge on any atom is 0.239 e. The number of nitrogens with zero attached hydrogens (tertiary/aromatic N) is 1. The standard InChI is InChI=1S/C50H83N11O11/c1-28(2)22-34(48(71)58-31(6)45(54)68)26-42(65)39(23-29(3)4)61-47(70)33(10-7-8-20-51)25-40(63)37(11-9-21-57-50(55)56)60-49(72)35(24-32-13-15-36(62)16-14-32)27-41(64)38(17-19-44(53)67)59-46(69)30(5)12-18-43(52)66/h13-16,28-31,33-35,37-39,62H,7-12,17-27,51H2,1-6H3,(H2,52,66)(H2,53,67)(H2,54,68)(H,58,71)(H,59,69)(H,60,72)(H,61,70)(H4,55,56,57)/t30-,31-,33+,34+,35+,37-,38-,39-/m0/s1. The lowest BCUT2D eigenvalue weighted by Gasteiger charge is -2.27. The number of hydrogen-bond acceptors (Lipinski definition) is 13. The zero-order valence-corrected chi connectivity index (χ0v) is 43.0. The first-order valence-electron chi connectivity index (χ1n) is 24.9. The van der Waals surface area contributed by atoms with E-state index in [1.807, 2.05) is 27.7 Å². The molecule has 0 bridgehead atoms. The number of guanidine groups is 1. The average Bonchev–Trinajstić information content (AvgIpc) is 3.29. The zero-order valence-electron chi connectivity index (χ0n) is 43.0. The number of nitrogens with one attached hydrogen (secondary N) is 4. The molecule has 0 radical (unpaired) electrons. The highest BCUT2D eigenvalue weighted by molar-refractivity contribution is 5.97. The summed E-state index contributed by atoms with van der Waals surface area (Å²) in [5.74, 6) is -10.2. The van der Waals surface area contributed by atoms with E-state index in [0.29, 0.717) is 31.4 Å². The van der Waals surface area contributed by atoms with E-state index in [0.717, 1.165) is 0 Å². The van der Waals surface area contributed by atoms with Gasteiger partial charge in [0.25, 0.3) is 0 Å². The molecule has 0 aromatic heterocycles. The minimum absolute atomic E-state index is 0.000980. The second kappa shape index (κ2) is 33.2. The molecule has 404 valence electrons. The number of benzene rings is 1. The first-order valence-corrected chi connectivity index (χ1v) is 24.9. The van der Waals surface area contributed by atoms with Crippen LogP contribution in [0.2, 0.25) is 0 Å². The zero-order chi connectivity index (χ0) is 54.7. The molecule has 0 aliphatic heterocycles. The van der Waals surface area contributed by atoms with Gasteiger partial charge in [0, 0.05) is 62.3 Å². The highest BCUT2D eigenvalue weighted by Gasteiger charge is 2.35. The van der Waals surface area contributed by atoms with Gasteiger partial charge in [-0.2, -0.15) is 0 Å². The van der Waals surface area contributed by atoms with Crippen molar-refractivity contribution < 1.29 is 53.1 Å². The van der Waals surface area contributed by atoms with Gasteiger partial charge in [0.15, 0.2) is 23.3 Å². The third kappa shape index (κ3) is 26.1. The van der Waals surface area contributed by atoms with Crippen molar-refractivity contribution in [2.24, 2.45) is 74.9 Å². The summed E-state index contributed by atoms with van der Waals surface area (Å²) in [6.45, 7) is 10.9. The van der Waals surface area contributed by atoms with Gasteiger partial charge in [0.05, 0.1) is 18.1 Å². The van der Waals surface area contributed by atoms with E-state index >= 15 is 0 Å². The predicted molar refractivity (Wildman–Crippen MR) is 271 cm³/mol. The van der Waals surface area contributed by atoms with E-state index in [4.69, 9.17) is 34.4 Å². The lowest BCUT2D eigenvalue weighted by Crippen LogP contribution is -2.49. The van der Waals surface area contributed by atoms with Crippen LogP contribution in [0.4, 0.5) is 0 Å². The Bertz CT molecular complexity index is 2010. The van der Waals surface area contributed by atoms with Crippen molar-refractivity contribution in [2.75, 3.05) is 13.1 Å². The molecule has 0 aliphatic rings. The fraction of sp³-hybridized carbons (Fsp3) is 0.660. The molecule has 0 heterocycles. The van der Waals surface area contributed by atoms with Gasteiger partial charge >= 0.3 is 0 Å². The van der Waals surface area contributed by atoms with Gasteiger partial charge in [-0.1, -0.05) is 53.2 Å². The van der Waals surface area contributed by atoms with Crippen LogP contribution in [0, 0.1) is 35.5 Å². The van der Waals surface area contributed by atoms with Crippen LogP contribution in [0.15, 0.2) is 29.3 Å². The Morgan fingerprint density at radius 2 is 1.03 bits per heavy atom. The molecule has 0 unspecified atom stereocenters. The number of hydrogen-bond donors (Lipinski definition) is 11. The molecule has 0 fully saturated rings. The van der Waals surface area contributed by atoms with E-state index in [-0.39, 0.29) is 101 Å². The maximum absolute atomic E-state index is 14.5. The summed E-state index contributed by atoms with van der Waals surface area (Å²) in [7, 11) is 0. The number of carbonyl (C=O) groups excluding carboxylic acids is 10. The molecule has 0 saturated heterocycles. The molecule has 72 heavy (non-hydrogen) atoms. The Morgan fingerprint density at radius 3 is 1.57 bits per heavy atom. The molecule has 1 aromatic rings. The number of amides is 7. The van der Waals surface area contributed by atoms with Crippen molar-refractivity contribution in [1.29, 1.82) is 0 Å². The topological polar surface area (TPSA) is 408 Å². The van der Waals surface area contributed by atoms with Crippen molar-refractivity contribution >= 4 is 64.7 Å². The Hall–Kier alpha value is -6.45. The fourth-order valence-electron chi connectivity index (χ4n) is 7.99. The normalized spacial score (nSPS) is 14.6. The first-order chi connectivity index (χ1) is 33.7. The maximum atomic E-state index is 14.5. The lowest BCUT2D eigenvalue weighted by molar-refractivity contribution is -0.136. The van der Waals surface area contributed by atoms with Crippen LogP contribution in [0.3, 0.4) is 0 Å². The van der Waals surface area contributed by atoms with Gasteiger partial charge in [-0.05, 0) is 101 Å². The first kappa shape index (κ1) is 63.6. The summed E-state index contributed by atoms with van der Waals surface area (Å²) < 4.78 is 0. The molecule has 7 amide bonds. The summed E-state index contributed by atoms with van der Waals surface area (Å²) in [5.41, 5.74) is 33.5. The van der Waals surface area contributed by atoms with E-state index in [2.05, 4.69) is 26.3 Å². The number of phenols is 1. The average molecular weight is 1010 g/mol. The number of carbonyl (C=O) groups is 10. The highest BCUT2D eigenvalue weighted by atomic mass is 16.3. The van der Waals surface area contributed by atoms with Gasteiger partial charge in [0.2, 0.25) is 41.4 Å². The van der Waals surface area contributed by atoms with Gasteiger partial charge < -0.3 is 60.8 Å². The summed E-state index contributed by atoms with van der Waals surface area (Å²) in [6, 6.07) is 1.38. The van der Waals surface area contributed by atoms with Crippen molar-refractivity contribution in [3.63, 3.8) is 0 Å². The van der Waals surface area contributed by atoms with Crippen LogP contribution in [0.25, 0.3) is 0 Å². The number of phenolic OH excluding ortho intramolecular Hbond substituents is 1. The predicted octanol–water partition coefficient (Wildman–Crippen LogP) is 0.547. The summed E-state index contributed by atoms with van der Waals surface area (Å²) in [6.07, 6.45) is 0.216. The Kier molecular flexibility index (Phi) is 29.4. The molecule has 22 heteroatoms. The molecule has 22 nitrogen and oxygen atoms in total. The van der Waals surface area contributed by atoms with E-state index in [1.54, 1.807) is 19.1 Å². The van der Waals surface area contributed by atoms with Crippen molar-refractivity contribution in [3.05, 3.63) is 29.8 Å². The van der Waals surface area contributed by atoms with E-state index in [1.165, 1.54) is 19.1 Å². The lowest BCUT2D eigenvalue weighted by atomic mass is 9.86. The van der Waals surface area contributed by atoms with E-state index in [9.17, 15) is 53.1 Å². The van der Waals surface area contributed by atoms with E-state index < -0.39 is 113 Å². The minimum atomic E-state index is -1.27. The number of primary amides is 3. The number of unbranched alkanes of at least 4 members (excludes halogenated alkanes) is 1. The van der Waals surface area contributed by atoms with Gasteiger partial charge in [0.1, 0.15) is 11.8 Å². The quantitative estimate of drug-likeness (QED) is 0.0245. The van der Waals surface area contributed by atoms with Crippen LogP contribution in [0.1, 0.15) is 137 Å². The number of aromatic hydroxyl groups is 1. The fourth-order valence-corrected chi connectivity index (χ4v) is 7.99. The van der Waals surface area contributed by atoms with Crippen molar-refractivity contribution in [2.45, 2.75) is 162 Å². The Labute approximate surface area is 423 Å². The molecular formula is C50H83N11O11. The van der Waals surface area contributed by atoms with Gasteiger partial charge in [-0.25, -0.2) is 0 Å². The van der Waals surface area contributed by atoms with Gasteiger partial charge in [-0.3, -0.25) is 52.9 Å². The second-order valence-corrected chi connectivity index (χ2v) is 19.7. The Balaban J connectivity index is 3.66. The molecule has 0 spiro atoms. The van der Waals surface area contributed by atoms with Crippen molar-refractivity contribution in [3.8, 4) is 5.75 Å². The SMILES string of the molecule is CC(C)C[C@H](CC(=O)[C@H](CC(C)C)NC(=O)[C@H](CCCCN)CC(=O)[C@H](CCCN=C(N)N)NC(=O)[C@@H](CC(=O)[C@H](CCC(N)=O)NC(=O)[C@@H](C)CCC(N)=O)Cc1ccc(O)cc1)C(=O)N[C@@H](C)C(N)=O. The van der Waals surface area contributed by atoms with Crippen LogP contribution >= 0.6 is 0 Å². The summed E-state index contributed by atoms with van der Waals surface area (Å²) >= 11 is 0. The highest BCUT2D eigenvalue weighted by Crippen LogP contribution is 2.23. The minimum Gasteiger partial charge on any atom is -0.508 e. The smallest absolute Gasteiger partial charge is 0.239 e. The molecule has 1 aromatic carbocycles. The summed E-state index contributed by atoms with van der Waals surface area (Å²) in [4.78, 5) is 137. The monoisotopic (exact) mass is 1010 g/mol. The largest absolute Gasteiger partial charge is 0.508 e. The molecule has 0 aliphatic carbocycles. The number of ketones is 3. The Morgan fingerprint density at radius 1 is 0.542 bits per heavy atom. The summed E-state index contributed by atoms with van der Waals surface area (Å²) in [5, 5.41) is 20.8. The number of aliphatic imine (C=N–C) groups is 1. The molecule has 1 rings (SSSR count). The number of nitrogens with two attached hydrogens (primary N) is 6. The molecule has 17 N–H and O–H groups in total. The molecular weight excluding hydrogens is 931 g/mol. The third-order valence-electron chi connectivity index (χ3n) is 12.1. The molecule has 0 saturated carbocycles. The van der Waals surface area contributed by atoms with Crippen LogP contribution in [-0.2, 0) is 54.4 Å². The van der Waals surface area contributed by atoms with Crippen LogP contribution in [0.5, 0.6) is 5.75 Å².